The van der Waals surface area contributed by atoms with E-state index in [4.69, 9.17) is 0 Å². The standard InChI is InChI=1S/C12H21N3S2/c1-16-9-5-3-2-4-8-13-12-14-11(15-17-12)10-6-7-10/h10H,2-9H2,1H3,(H,13,14,15). The minimum atomic E-state index is 0.674. The molecule has 2 rings (SSSR count). The highest BCUT2D eigenvalue weighted by atomic mass is 32.2. The number of unbranched alkanes of at least 4 members (excludes halogenated alkanes) is 3. The first-order valence-corrected chi connectivity index (χ1v) is 8.63. The average Bonchev–Trinajstić information content (AvgIpc) is 3.09. The Bertz CT molecular complexity index is 323. The Morgan fingerprint density at radius 1 is 1.29 bits per heavy atom. The highest BCUT2D eigenvalue weighted by Gasteiger charge is 2.27. The lowest BCUT2D eigenvalue weighted by molar-refractivity contribution is 0.689. The third-order valence-electron chi connectivity index (χ3n) is 2.94. The van der Waals surface area contributed by atoms with Crippen LogP contribution in [0.3, 0.4) is 0 Å². The van der Waals surface area contributed by atoms with Gasteiger partial charge in [-0.15, -0.1) is 0 Å². The monoisotopic (exact) mass is 271 g/mol. The second-order valence-corrected chi connectivity index (χ2v) is 6.30. The molecule has 96 valence electrons. The van der Waals surface area contributed by atoms with Crippen LogP contribution < -0.4 is 5.32 Å². The molecule has 1 aromatic heterocycles. The summed E-state index contributed by atoms with van der Waals surface area (Å²) in [5, 5.41) is 4.39. The maximum atomic E-state index is 4.51. The SMILES string of the molecule is CSCCCCCCNc1nc(C2CC2)ns1. The first-order valence-electron chi connectivity index (χ1n) is 6.46. The third kappa shape index (κ3) is 4.84. The Hall–Kier alpha value is -0.290. The molecule has 0 atom stereocenters. The average molecular weight is 271 g/mol. The van der Waals surface area contributed by atoms with Crippen LogP contribution in [0.2, 0.25) is 0 Å². The van der Waals surface area contributed by atoms with Crippen LogP contribution in [-0.2, 0) is 0 Å². The van der Waals surface area contributed by atoms with Crippen molar-refractivity contribution in [3.8, 4) is 0 Å². The molecule has 1 saturated carbocycles. The molecule has 1 heterocycles. The van der Waals surface area contributed by atoms with Gasteiger partial charge < -0.3 is 5.32 Å². The topological polar surface area (TPSA) is 37.8 Å². The van der Waals surface area contributed by atoms with Crippen LogP contribution in [0.5, 0.6) is 0 Å². The molecule has 0 spiro atoms. The number of hydrogen-bond donors (Lipinski definition) is 1. The molecule has 0 aliphatic heterocycles. The van der Waals surface area contributed by atoms with Gasteiger partial charge >= 0.3 is 0 Å². The second kappa shape index (κ2) is 7.21. The van der Waals surface area contributed by atoms with Gasteiger partial charge in [-0.25, -0.2) is 4.98 Å². The number of nitrogens with one attached hydrogen (secondary N) is 1. The number of thioether (sulfide) groups is 1. The summed E-state index contributed by atoms with van der Waals surface area (Å²) < 4.78 is 4.38. The fourth-order valence-electron chi connectivity index (χ4n) is 1.73. The molecule has 0 bridgehead atoms. The van der Waals surface area contributed by atoms with E-state index in [2.05, 4.69) is 20.9 Å². The zero-order chi connectivity index (χ0) is 11.9. The van der Waals surface area contributed by atoms with Gasteiger partial charge in [-0.1, -0.05) is 12.8 Å². The minimum Gasteiger partial charge on any atom is -0.360 e. The molecule has 3 nitrogen and oxygen atoms in total. The van der Waals surface area contributed by atoms with Crippen molar-refractivity contribution in [1.82, 2.24) is 9.36 Å². The second-order valence-electron chi connectivity index (χ2n) is 4.57. The molecule has 1 aliphatic rings. The van der Waals surface area contributed by atoms with Crippen molar-refractivity contribution in [2.24, 2.45) is 0 Å². The van der Waals surface area contributed by atoms with Gasteiger partial charge in [-0.05, 0) is 37.7 Å². The predicted octanol–water partition coefficient (Wildman–Crippen LogP) is 3.75. The molecular weight excluding hydrogens is 250 g/mol. The van der Waals surface area contributed by atoms with E-state index in [1.54, 1.807) is 0 Å². The van der Waals surface area contributed by atoms with E-state index in [0.717, 1.165) is 17.5 Å². The van der Waals surface area contributed by atoms with Gasteiger partial charge in [0.25, 0.3) is 0 Å². The van der Waals surface area contributed by atoms with Crippen molar-refractivity contribution in [2.75, 3.05) is 23.9 Å². The fourth-order valence-corrected chi connectivity index (χ4v) is 2.90. The van der Waals surface area contributed by atoms with E-state index >= 15 is 0 Å². The number of aromatic nitrogens is 2. The fraction of sp³-hybridized carbons (Fsp3) is 0.833. The smallest absolute Gasteiger partial charge is 0.202 e. The maximum absolute atomic E-state index is 4.51. The summed E-state index contributed by atoms with van der Waals surface area (Å²) in [7, 11) is 0. The Morgan fingerprint density at radius 2 is 2.12 bits per heavy atom. The summed E-state index contributed by atoms with van der Waals surface area (Å²) in [6.45, 7) is 1.04. The largest absolute Gasteiger partial charge is 0.360 e. The first-order chi connectivity index (χ1) is 8.40. The van der Waals surface area contributed by atoms with Crippen LogP contribution in [-0.4, -0.2) is 27.9 Å². The molecule has 1 fully saturated rings. The molecule has 1 aromatic rings. The highest BCUT2D eigenvalue weighted by Crippen LogP contribution is 2.39. The van der Waals surface area contributed by atoms with Crippen molar-refractivity contribution in [3.63, 3.8) is 0 Å². The van der Waals surface area contributed by atoms with Crippen molar-refractivity contribution in [2.45, 2.75) is 44.4 Å². The molecule has 0 radical (unpaired) electrons. The number of anilines is 1. The molecular formula is C12H21N3S2. The van der Waals surface area contributed by atoms with Gasteiger partial charge in [-0.3, -0.25) is 0 Å². The van der Waals surface area contributed by atoms with Crippen LogP contribution in [0.25, 0.3) is 0 Å². The lowest BCUT2D eigenvalue weighted by Gasteiger charge is -2.01. The first kappa shape index (κ1) is 13.1. The van der Waals surface area contributed by atoms with E-state index < -0.39 is 0 Å². The minimum absolute atomic E-state index is 0.674. The molecule has 5 heteroatoms. The van der Waals surface area contributed by atoms with Crippen LogP contribution in [0.1, 0.15) is 50.3 Å². The lowest BCUT2D eigenvalue weighted by atomic mass is 10.2. The third-order valence-corrected chi connectivity index (χ3v) is 4.32. The predicted molar refractivity (Wildman–Crippen MR) is 77.2 cm³/mol. The quantitative estimate of drug-likeness (QED) is 0.694. The van der Waals surface area contributed by atoms with E-state index in [-0.39, 0.29) is 0 Å². The van der Waals surface area contributed by atoms with Gasteiger partial charge in [0.2, 0.25) is 5.13 Å². The Balaban J connectivity index is 1.52. The van der Waals surface area contributed by atoms with E-state index in [1.165, 1.54) is 55.8 Å². The maximum Gasteiger partial charge on any atom is 0.202 e. The van der Waals surface area contributed by atoms with Gasteiger partial charge in [0.15, 0.2) is 0 Å². The van der Waals surface area contributed by atoms with Crippen LogP contribution >= 0.6 is 23.3 Å². The summed E-state index contributed by atoms with van der Waals surface area (Å²) in [5.74, 6) is 3.04. The van der Waals surface area contributed by atoms with Crippen molar-refractivity contribution in [3.05, 3.63) is 5.82 Å². The van der Waals surface area contributed by atoms with Crippen LogP contribution in [0.15, 0.2) is 0 Å². The lowest BCUT2D eigenvalue weighted by Crippen LogP contribution is -2.01. The van der Waals surface area contributed by atoms with Crippen LogP contribution in [0.4, 0.5) is 5.13 Å². The van der Waals surface area contributed by atoms with E-state index in [1.807, 2.05) is 11.8 Å². The number of rotatable bonds is 9. The molecule has 0 unspecified atom stereocenters. The Labute approximate surface area is 112 Å². The summed E-state index contributed by atoms with van der Waals surface area (Å²) >= 11 is 3.46. The molecule has 0 amide bonds. The van der Waals surface area contributed by atoms with Gasteiger partial charge in [-0.2, -0.15) is 16.1 Å². The van der Waals surface area contributed by atoms with Crippen molar-refractivity contribution in [1.29, 1.82) is 0 Å². The van der Waals surface area contributed by atoms with Crippen molar-refractivity contribution < 1.29 is 0 Å². The Kier molecular flexibility index (Phi) is 5.58. The summed E-state index contributed by atoms with van der Waals surface area (Å²) in [5.41, 5.74) is 0. The normalized spacial score (nSPS) is 15.1. The van der Waals surface area contributed by atoms with E-state index in [9.17, 15) is 0 Å². The zero-order valence-corrected chi connectivity index (χ0v) is 12.1. The Morgan fingerprint density at radius 3 is 2.88 bits per heavy atom. The summed E-state index contributed by atoms with van der Waals surface area (Å²) in [6.07, 6.45) is 10.0. The zero-order valence-electron chi connectivity index (χ0n) is 10.4. The van der Waals surface area contributed by atoms with Gasteiger partial charge in [0, 0.05) is 24.0 Å². The summed E-state index contributed by atoms with van der Waals surface area (Å²) in [4.78, 5) is 4.51. The number of hydrogen-bond acceptors (Lipinski definition) is 5. The van der Waals surface area contributed by atoms with Crippen molar-refractivity contribution >= 4 is 28.4 Å². The van der Waals surface area contributed by atoms with E-state index in [0.29, 0.717) is 5.92 Å². The van der Waals surface area contributed by atoms with Gasteiger partial charge in [0.1, 0.15) is 5.82 Å². The molecule has 1 aliphatic carbocycles. The molecule has 0 saturated heterocycles. The molecule has 1 N–H and O–H groups in total. The number of nitrogens with zero attached hydrogens (tertiary/aromatic N) is 2. The molecule has 0 aromatic carbocycles. The summed E-state index contributed by atoms with van der Waals surface area (Å²) in [6, 6.07) is 0. The molecule has 17 heavy (non-hydrogen) atoms. The van der Waals surface area contributed by atoms with Gasteiger partial charge in [0.05, 0.1) is 0 Å². The highest BCUT2D eigenvalue weighted by molar-refractivity contribution is 7.98. The van der Waals surface area contributed by atoms with Crippen LogP contribution in [0, 0.1) is 0 Å².